The van der Waals surface area contributed by atoms with E-state index in [1.165, 1.54) is 0 Å². The van der Waals surface area contributed by atoms with Crippen molar-refractivity contribution in [3.8, 4) is 5.75 Å². The third-order valence-electron chi connectivity index (χ3n) is 4.88. The van der Waals surface area contributed by atoms with Gasteiger partial charge in [0, 0.05) is 46.9 Å². The number of likely N-dealkylation sites (N-methyl/N-ethyl adjacent to an activating group) is 1. The zero-order chi connectivity index (χ0) is 20.2. The lowest BCUT2D eigenvalue weighted by Gasteiger charge is -2.26. The lowest BCUT2D eigenvalue weighted by Crippen LogP contribution is -2.39. The normalized spacial score (nSPS) is 15.2. The molecule has 2 N–H and O–H groups in total. The van der Waals surface area contributed by atoms with Crippen molar-refractivity contribution >= 4 is 11.9 Å². The summed E-state index contributed by atoms with van der Waals surface area (Å²) in [5.74, 6) is 2.19. The predicted octanol–water partition coefficient (Wildman–Crippen LogP) is 2.03. The molecule has 0 aromatic heterocycles. The minimum Gasteiger partial charge on any atom is -0.484 e. The van der Waals surface area contributed by atoms with Crippen molar-refractivity contribution in [3.05, 3.63) is 29.8 Å². The third kappa shape index (κ3) is 7.76. The second-order valence-electron chi connectivity index (χ2n) is 7.06. The van der Waals surface area contributed by atoms with Gasteiger partial charge in [-0.3, -0.25) is 9.79 Å². The molecule has 2 rings (SSSR count). The molecule has 0 spiro atoms. The Morgan fingerprint density at radius 1 is 1.32 bits per heavy atom. The molecule has 0 radical (unpaired) electrons. The maximum absolute atomic E-state index is 11.5. The maximum Gasteiger partial charge on any atom is 0.257 e. The molecule has 0 atom stereocenters. The molecule has 0 saturated carbocycles. The molecule has 1 saturated heterocycles. The number of hydrogen-bond acceptors (Lipinski definition) is 4. The number of ether oxygens (including phenoxy) is 2. The largest absolute Gasteiger partial charge is 0.484 e. The molecule has 0 bridgehead atoms. The smallest absolute Gasteiger partial charge is 0.257 e. The first-order valence-corrected chi connectivity index (χ1v) is 10.1. The lowest BCUT2D eigenvalue weighted by atomic mass is 9.96. The van der Waals surface area contributed by atoms with E-state index in [-0.39, 0.29) is 12.5 Å². The van der Waals surface area contributed by atoms with Crippen molar-refractivity contribution in [1.29, 1.82) is 0 Å². The summed E-state index contributed by atoms with van der Waals surface area (Å²) in [4.78, 5) is 18.1. The van der Waals surface area contributed by atoms with Crippen LogP contribution in [0.2, 0.25) is 0 Å². The number of carbonyl (C=O) groups excluding carboxylic acids is 1. The van der Waals surface area contributed by atoms with Crippen LogP contribution >= 0.6 is 0 Å². The van der Waals surface area contributed by atoms with Crippen LogP contribution in [-0.4, -0.2) is 63.8 Å². The van der Waals surface area contributed by atoms with Gasteiger partial charge in [0.2, 0.25) is 0 Å². The monoisotopic (exact) mass is 390 g/mol. The van der Waals surface area contributed by atoms with Crippen LogP contribution in [0, 0.1) is 5.92 Å². The van der Waals surface area contributed by atoms with Crippen molar-refractivity contribution in [2.45, 2.75) is 32.7 Å². The fourth-order valence-corrected chi connectivity index (χ4v) is 3.23. The molecule has 7 heteroatoms. The van der Waals surface area contributed by atoms with Crippen LogP contribution in [0.15, 0.2) is 29.3 Å². The highest BCUT2D eigenvalue weighted by molar-refractivity contribution is 5.79. The first kappa shape index (κ1) is 22.0. The van der Waals surface area contributed by atoms with Crippen LogP contribution in [0.3, 0.4) is 0 Å². The molecule has 1 aromatic carbocycles. The summed E-state index contributed by atoms with van der Waals surface area (Å²) < 4.78 is 11.0. The summed E-state index contributed by atoms with van der Waals surface area (Å²) in [5.41, 5.74) is 1.08. The summed E-state index contributed by atoms with van der Waals surface area (Å²) in [6.07, 6.45) is 3.47. The number of benzene rings is 1. The van der Waals surface area contributed by atoms with Crippen molar-refractivity contribution in [3.63, 3.8) is 0 Å². The molecule has 1 fully saturated rings. The molecular formula is C21H34N4O3. The summed E-state index contributed by atoms with van der Waals surface area (Å²) in [5, 5.41) is 6.12. The van der Waals surface area contributed by atoms with Crippen LogP contribution in [0.5, 0.6) is 5.75 Å². The molecular weight excluding hydrogens is 356 g/mol. The van der Waals surface area contributed by atoms with Crippen LogP contribution in [0.25, 0.3) is 0 Å². The van der Waals surface area contributed by atoms with E-state index < -0.39 is 0 Å². The minimum absolute atomic E-state index is 0.0291. The Hall–Kier alpha value is -2.28. The summed E-state index contributed by atoms with van der Waals surface area (Å²) in [6, 6.07) is 7.77. The molecule has 0 aliphatic carbocycles. The van der Waals surface area contributed by atoms with E-state index in [0.29, 0.717) is 18.8 Å². The highest BCUT2D eigenvalue weighted by Gasteiger charge is 2.15. The molecule has 0 unspecified atom stereocenters. The molecule has 1 amide bonds. The van der Waals surface area contributed by atoms with E-state index in [2.05, 4.69) is 27.6 Å². The van der Waals surface area contributed by atoms with Gasteiger partial charge in [0.1, 0.15) is 5.75 Å². The SMILES string of the molecule is CCNC(=O)COc1cccc(CNC(=NC)N(C)CCC2CCOCC2)c1. The predicted molar refractivity (Wildman–Crippen MR) is 112 cm³/mol. The Morgan fingerprint density at radius 3 is 2.82 bits per heavy atom. The van der Waals surface area contributed by atoms with E-state index in [1.807, 2.05) is 31.2 Å². The molecule has 1 aliphatic rings. The average Bonchev–Trinajstić information content (AvgIpc) is 2.72. The van der Waals surface area contributed by atoms with Gasteiger partial charge in [0.25, 0.3) is 5.91 Å². The van der Waals surface area contributed by atoms with Gasteiger partial charge in [-0.25, -0.2) is 0 Å². The topological polar surface area (TPSA) is 75.2 Å². The Balaban J connectivity index is 1.78. The van der Waals surface area contributed by atoms with Crippen LogP contribution in [0.4, 0.5) is 0 Å². The number of guanidine groups is 1. The van der Waals surface area contributed by atoms with Gasteiger partial charge >= 0.3 is 0 Å². The number of nitrogens with one attached hydrogen (secondary N) is 2. The number of aliphatic imine (C=N–C) groups is 1. The Bertz CT molecular complexity index is 630. The first-order valence-electron chi connectivity index (χ1n) is 10.1. The number of hydrogen-bond donors (Lipinski definition) is 2. The van der Waals surface area contributed by atoms with Gasteiger partial charge in [0.05, 0.1) is 0 Å². The maximum atomic E-state index is 11.5. The van der Waals surface area contributed by atoms with Gasteiger partial charge in [-0.05, 0) is 49.8 Å². The molecule has 1 aromatic rings. The van der Waals surface area contributed by atoms with Crippen LogP contribution in [-0.2, 0) is 16.1 Å². The van der Waals surface area contributed by atoms with Crippen molar-refractivity contribution in [2.75, 3.05) is 47.0 Å². The molecule has 7 nitrogen and oxygen atoms in total. The standard InChI is InChI=1S/C21H34N4O3/c1-4-23-20(26)16-28-19-7-5-6-18(14-19)15-24-21(22-2)25(3)11-8-17-9-12-27-13-10-17/h5-7,14,17H,4,8-13,15-16H2,1-3H3,(H,22,24)(H,23,26). The van der Waals surface area contributed by atoms with E-state index >= 15 is 0 Å². The lowest BCUT2D eigenvalue weighted by molar-refractivity contribution is -0.122. The second-order valence-corrected chi connectivity index (χ2v) is 7.06. The number of rotatable bonds is 9. The minimum atomic E-state index is -0.113. The van der Waals surface area contributed by atoms with Gasteiger partial charge < -0.3 is 25.0 Å². The molecule has 1 aliphatic heterocycles. The fraction of sp³-hybridized carbons (Fsp3) is 0.619. The quantitative estimate of drug-likeness (QED) is 0.498. The number of nitrogens with zero attached hydrogens (tertiary/aromatic N) is 2. The highest BCUT2D eigenvalue weighted by atomic mass is 16.5. The molecule has 1 heterocycles. The van der Waals surface area contributed by atoms with Crippen molar-refractivity contribution in [2.24, 2.45) is 10.9 Å². The van der Waals surface area contributed by atoms with E-state index in [1.54, 1.807) is 7.05 Å². The first-order chi connectivity index (χ1) is 13.6. The van der Waals surface area contributed by atoms with E-state index in [9.17, 15) is 4.79 Å². The number of amides is 1. The fourth-order valence-electron chi connectivity index (χ4n) is 3.23. The molecule has 28 heavy (non-hydrogen) atoms. The Labute approximate surface area is 168 Å². The van der Waals surface area contributed by atoms with Crippen LogP contribution in [0.1, 0.15) is 31.7 Å². The van der Waals surface area contributed by atoms with E-state index in [4.69, 9.17) is 9.47 Å². The van der Waals surface area contributed by atoms with Gasteiger partial charge in [-0.1, -0.05) is 12.1 Å². The summed E-state index contributed by atoms with van der Waals surface area (Å²) in [7, 11) is 3.87. The van der Waals surface area contributed by atoms with E-state index in [0.717, 1.165) is 56.5 Å². The van der Waals surface area contributed by atoms with Gasteiger partial charge in [-0.15, -0.1) is 0 Å². The Morgan fingerprint density at radius 2 is 2.11 bits per heavy atom. The zero-order valence-electron chi connectivity index (χ0n) is 17.4. The summed E-state index contributed by atoms with van der Waals surface area (Å²) in [6.45, 7) is 5.92. The van der Waals surface area contributed by atoms with Crippen molar-refractivity contribution < 1.29 is 14.3 Å². The molecule has 156 valence electrons. The highest BCUT2D eigenvalue weighted by Crippen LogP contribution is 2.18. The summed E-state index contributed by atoms with van der Waals surface area (Å²) >= 11 is 0. The van der Waals surface area contributed by atoms with Gasteiger partial charge in [0.15, 0.2) is 12.6 Å². The Kier molecular flexibility index (Phi) is 9.62. The average molecular weight is 391 g/mol. The van der Waals surface area contributed by atoms with Gasteiger partial charge in [-0.2, -0.15) is 0 Å². The second kappa shape index (κ2) is 12.2. The van der Waals surface area contributed by atoms with Crippen LogP contribution < -0.4 is 15.4 Å². The van der Waals surface area contributed by atoms with Crippen molar-refractivity contribution in [1.82, 2.24) is 15.5 Å². The number of carbonyl (C=O) groups is 1. The zero-order valence-corrected chi connectivity index (χ0v) is 17.4. The third-order valence-corrected chi connectivity index (χ3v) is 4.88.